The van der Waals surface area contributed by atoms with Crippen molar-refractivity contribution >= 4 is 23.3 Å². The summed E-state index contributed by atoms with van der Waals surface area (Å²) in [5.74, 6) is -0.247. The standard InChI is InChI=1S/C15H18N2O4/c1-9(18)10-5-6-12-11(7-10)17(8-13(19)16-4)14(20)15(2,3)21-12/h5-7H,8H2,1-4H3,(H,16,19). The van der Waals surface area contributed by atoms with Gasteiger partial charge in [-0.25, -0.2) is 0 Å². The molecule has 2 rings (SSSR count). The molecule has 1 aromatic rings. The van der Waals surface area contributed by atoms with Crippen molar-refractivity contribution in [3.63, 3.8) is 0 Å². The summed E-state index contributed by atoms with van der Waals surface area (Å²) < 4.78 is 5.68. The lowest BCUT2D eigenvalue weighted by Crippen LogP contribution is -2.54. The van der Waals surface area contributed by atoms with Crippen LogP contribution in [0.1, 0.15) is 31.1 Å². The highest BCUT2D eigenvalue weighted by Crippen LogP contribution is 2.38. The molecule has 1 aromatic carbocycles. The molecule has 0 aromatic heterocycles. The first kappa shape index (κ1) is 15.0. The van der Waals surface area contributed by atoms with Gasteiger partial charge in [0.1, 0.15) is 12.3 Å². The Labute approximate surface area is 123 Å². The predicted octanol–water partition coefficient (Wildman–Crippen LogP) is 1.14. The van der Waals surface area contributed by atoms with Crippen LogP contribution in [-0.2, 0) is 9.59 Å². The minimum absolute atomic E-state index is 0.115. The molecule has 6 heteroatoms. The Bertz CT molecular complexity index is 622. The fraction of sp³-hybridized carbons (Fsp3) is 0.400. The van der Waals surface area contributed by atoms with E-state index in [0.717, 1.165) is 0 Å². The van der Waals surface area contributed by atoms with Crippen LogP contribution < -0.4 is 15.0 Å². The number of carbonyl (C=O) groups excluding carboxylic acids is 3. The zero-order valence-corrected chi connectivity index (χ0v) is 12.5. The SMILES string of the molecule is CNC(=O)CN1C(=O)C(C)(C)Oc2ccc(C(C)=O)cc21. The smallest absolute Gasteiger partial charge is 0.271 e. The van der Waals surface area contributed by atoms with Crippen LogP contribution in [0.3, 0.4) is 0 Å². The van der Waals surface area contributed by atoms with E-state index in [-0.39, 0.29) is 24.1 Å². The van der Waals surface area contributed by atoms with Crippen molar-refractivity contribution in [2.75, 3.05) is 18.5 Å². The molecule has 21 heavy (non-hydrogen) atoms. The molecule has 0 aliphatic carbocycles. The van der Waals surface area contributed by atoms with Crippen molar-refractivity contribution in [1.29, 1.82) is 0 Å². The number of hydrogen-bond donors (Lipinski definition) is 1. The molecule has 1 aliphatic rings. The molecule has 0 saturated heterocycles. The minimum atomic E-state index is -1.06. The lowest BCUT2D eigenvalue weighted by Gasteiger charge is -2.38. The van der Waals surface area contributed by atoms with Crippen molar-refractivity contribution in [1.82, 2.24) is 5.32 Å². The molecule has 6 nitrogen and oxygen atoms in total. The zero-order valence-electron chi connectivity index (χ0n) is 12.5. The Morgan fingerprint density at radius 2 is 2.00 bits per heavy atom. The number of nitrogens with one attached hydrogen (secondary N) is 1. The number of nitrogens with zero attached hydrogens (tertiary/aromatic N) is 1. The number of anilines is 1. The van der Waals surface area contributed by atoms with E-state index < -0.39 is 5.60 Å². The van der Waals surface area contributed by atoms with Crippen LogP contribution in [0.5, 0.6) is 5.75 Å². The van der Waals surface area contributed by atoms with E-state index in [1.807, 2.05) is 0 Å². The van der Waals surface area contributed by atoms with E-state index in [9.17, 15) is 14.4 Å². The van der Waals surface area contributed by atoms with Crippen LogP contribution in [0.2, 0.25) is 0 Å². The first-order valence-electron chi connectivity index (χ1n) is 6.63. The molecular weight excluding hydrogens is 272 g/mol. The lowest BCUT2D eigenvalue weighted by molar-refractivity contribution is -0.134. The van der Waals surface area contributed by atoms with Crippen molar-refractivity contribution < 1.29 is 19.1 Å². The molecule has 1 heterocycles. The Morgan fingerprint density at radius 1 is 1.33 bits per heavy atom. The third-order valence-electron chi connectivity index (χ3n) is 3.36. The quantitative estimate of drug-likeness (QED) is 0.847. The van der Waals surface area contributed by atoms with Gasteiger partial charge < -0.3 is 10.1 Å². The molecule has 112 valence electrons. The number of fused-ring (bicyclic) bond motifs is 1. The van der Waals surface area contributed by atoms with Gasteiger partial charge in [0.05, 0.1) is 5.69 Å². The maximum atomic E-state index is 12.5. The maximum Gasteiger partial charge on any atom is 0.271 e. The average Bonchev–Trinajstić information content (AvgIpc) is 2.42. The van der Waals surface area contributed by atoms with Gasteiger partial charge in [-0.2, -0.15) is 0 Å². The second-order valence-electron chi connectivity index (χ2n) is 5.42. The second kappa shape index (κ2) is 5.20. The number of rotatable bonds is 3. The van der Waals surface area contributed by atoms with Gasteiger partial charge in [-0.1, -0.05) is 0 Å². The highest BCUT2D eigenvalue weighted by Gasteiger charge is 2.41. The lowest BCUT2D eigenvalue weighted by atomic mass is 10.0. The molecular formula is C15H18N2O4. The van der Waals surface area contributed by atoms with E-state index >= 15 is 0 Å². The largest absolute Gasteiger partial charge is 0.476 e. The van der Waals surface area contributed by atoms with Crippen molar-refractivity contribution in [2.45, 2.75) is 26.4 Å². The Morgan fingerprint density at radius 3 is 2.57 bits per heavy atom. The van der Waals surface area contributed by atoms with Crippen LogP contribution >= 0.6 is 0 Å². The van der Waals surface area contributed by atoms with Gasteiger partial charge in [0.15, 0.2) is 11.4 Å². The summed E-state index contributed by atoms with van der Waals surface area (Å²) in [4.78, 5) is 37.0. The number of hydrogen-bond acceptors (Lipinski definition) is 4. The van der Waals surface area contributed by atoms with Gasteiger partial charge in [0.2, 0.25) is 5.91 Å². The van der Waals surface area contributed by atoms with Crippen molar-refractivity contribution in [2.24, 2.45) is 0 Å². The summed E-state index contributed by atoms with van der Waals surface area (Å²) in [7, 11) is 1.51. The van der Waals surface area contributed by atoms with Gasteiger partial charge in [-0.3, -0.25) is 19.3 Å². The summed E-state index contributed by atoms with van der Waals surface area (Å²) in [6.45, 7) is 4.62. The number of carbonyl (C=O) groups is 3. The van der Waals surface area contributed by atoms with E-state index in [1.54, 1.807) is 32.0 Å². The highest BCUT2D eigenvalue weighted by atomic mass is 16.5. The normalized spacial score (nSPS) is 16.0. The molecule has 0 radical (unpaired) electrons. The summed E-state index contributed by atoms with van der Waals surface area (Å²) >= 11 is 0. The van der Waals surface area contributed by atoms with Crippen LogP contribution in [0, 0.1) is 0 Å². The molecule has 0 saturated carbocycles. The first-order chi connectivity index (χ1) is 9.76. The maximum absolute atomic E-state index is 12.5. The van der Waals surface area contributed by atoms with Gasteiger partial charge in [-0.15, -0.1) is 0 Å². The third-order valence-corrected chi connectivity index (χ3v) is 3.36. The predicted molar refractivity (Wildman–Crippen MR) is 77.6 cm³/mol. The highest BCUT2D eigenvalue weighted by molar-refractivity contribution is 6.07. The average molecular weight is 290 g/mol. The Hall–Kier alpha value is -2.37. The molecule has 0 unspecified atom stereocenters. The van der Waals surface area contributed by atoms with Crippen molar-refractivity contribution in [3.05, 3.63) is 23.8 Å². The zero-order chi connectivity index (χ0) is 15.8. The topological polar surface area (TPSA) is 75.7 Å². The van der Waals surface area contributed by atoms with E-state index in [0.29, 0.717) is 17.0 Å². The molecule has 0 fully saturated rings. The summed E-state index contributed by atoms with van der Waals surface area (Å²) in [6, 6.07) is 4.87. The summed E-state index contributed by atoms with van der Waals surface area (Å²) in [6.07, 6.45) is 0. The van der Waals surface area contributed by atoms with Crippen LogP contribution in [-0.4, -0.2) is 36.8 Å². The van der Waals surface area contributed by atoms with E-state index in [1.165, 1.54) is 18.9 Å². The fourth-order valence-corrected chi connectivity index (χ4v) is 2.17. The monoisotopic (exact) mass is 290 g/mol. The third kappa shape index (κ3) is 2.74. The van der Waals surface area contributed by atoms with Crippen LogP contribution in [0.15, 0.2) is 18.2 Å². The van der Waals surface area contributed by atoms with Gasteiger partial charge in [0.25, 0.3) is 5.91 Å². The Balaban J connectivity index is 2.52. The number of Topliss-reactive ketones (excluding diaryl/α,β-unsaturated/α-hetero) is 1. The first-order valence-corrected chi connectivity index (χ1v) is 6.63. The Kier molecular flexibility index (Phi) is 3.72. The van der Waals surface area contributed by atoms with Gasteiger partial charge >= 0.3 is 0 Å². The van der Waals surface area contributed by atoms with E-state index in [4.69, 9.17) is 4.74 Å². The van der Waals surface area contributed by atoms with Gasteiger partial charge in [-0.05, 0) is 39.0 Å². The number of likely N-dealkylation sites (N-methyl/N-ethyl adjacent to an activating group) is 1. The van der Waals surface area contributed by atoms with Crippen LogP contribution in [0.4, 0.5) is 5.69 Å². The number of ketones is 1. The number of benzene rings is 1. The molecule has 0 atom stereocenters. The molecule has 1 aliphatic heterocycles. The molecule has 1 N–H and O–H groups in total. The molecule has 2 amide bonds. The van der Waals surface area contributed by atoms with Crippen LogP contribution in [0.25, 0.3) is 0 Å². The van der Waals surface area contributed by atoms with Gasteiger partial charge in [0, 0.05) is 12.6 Å². The minimum Gasteiger partial charge on any atom is -0.476 e. The second-order valence-corrected chi connectivity index (χ2v) is 5.42. The molecule has 0 spiro atoms. The summed E-state index contributed by atoms with van der Waals surface area (Å²) in [5.41, 5.74) is -0.152. The number of amides is 2. The van der Waals surface area contributed by atoms with E-state index in [2.05, 4.69) is 5.32 Å². The number of ether oxygens (including phenoxy) is 1. The fourth-order valence-electron chi connectivity index (χ4n) is 2.17. The molecule has 0 bridgehead atoms. The summed E-state index contributed by atoms with van der Waals surface area (Å²) in [5, 5.41) is 2.49. The van der Waals surface area contributed by atoms with Crippen molar-refractivity contribution in [3.8, 4) is 5.75 Å².